The normalized spacial score (nSPS) is 23.4. The monoisotopic (exact) mass is 289 g/mol. The van der Waals surface area contributed by atoms with Crippen molar-refractivity contribution < 1.29 is 9.47 Å². The molecule has 3 rings (SSSR count). The predicted octanol–water partition coefficient (Wildman–Crippen LogP) is 4.35. The fourth-order valence-corrected chi connectivity index (χ4v) is 3.62. The molecule has 2 N–H and O–H groups in total. The highest BCUT2D eigenvalue weighted by atomic mass is 16.5. The highest BCUT2D eigenvalue weighted by molar-refractivity contribution is 5.44. The van der Waals surface area contributed by atoms with E-state index < -0.39 is 0 Å². The SMILES string of the molecule is CCCCOc1ccc2c(c1)OC1(CCCCC1)CC2N. The highest BCUT2D eigenvalue weighted by Crippen LogP contribution is 2.46. The fraction of sp³-hybridized carbons (Fsp3) is 0.667. The summed E-state index contributed by atoms with van der Waals surface area (Å²) in [6.45, 7) is 2.94. The molecular formula is C18H27NO2. The first-order valence-corrected chi connectivity index (χ1v) is 8.44. The molecule has 3 nitrogen and oxygen atoms in total. The van der Waals surface area contributed by atoms with Gasteiger partial charge in [-0.1, -0.05) is 25.8 Å². The van der Waals surface area contributed by atoms with Crippen molar-refractivity contribution in [3.05, 3.63) is 23.8 Å². The van der Waals surface area contributed by atoms with E-state index in [0.29, 0.717) is 0 Å². The summed E-state index contributed by atoms with van der Waals surface area (Å²) in [5.74, 6) is 1.85. The van der Waals surface area contributed by atoms with Crippen LogP contribution in [0.4, 0.5) is 0 Å². The molecule has 1 atom stereocenters. The first-order chi connectivity index (χ1) is 10.2. The van der Waals surface area contributed by atoms with Crippen LogP contribution >= 0.6 is 0 Å². The Hall–Kier alpha value is -1.22. The van der Waals surface area contributed by atoms with Gasteiger partial charge in [-0.3, -0.25) is 0 Å². The van der Waals surface area contributed by atoms with Crippen LogP contribution in [0.5, 0.6) is 11.5 Å². The minimum atomic E-state index is -0.0211. The minimum absolute atomic E-state index is 0.0211. The van der Waals surface area contributed by atoms with Gasteiger partial charge in [-0.2, -0.15) is 0 Å². The van der Waals surface area contributed by atoms with Crippen molar-refractivity contribution in [1.82, 2.24) is 0 Å². The van der Waals surface area contributed by atoms with Crippen molar-refractivity contribution in [3.8, 4) is 11.5 Å². The summed E-state index contributed by atoms with van der Waals surface area (Å²) in [5, 5.41) is 0. The second-order valence-electron chi connectivity index (χ2n) is 6.56. The van der Waals surface area contributed by atoms with E-state index in [9.17, 15) is 0 Å². The molecule has 21 heavy (non-hydrogen) atoms. The molecular weight excluding hydrogens is 262 g/mol. The van der Waals surface area contributed by atoms with E-state index in [1.165, 1.54) is 19.3 Å². The Morgan fingerprint density at radius 1 is 1.29 bits per heavy atom. The van der Waals surface area contributed by atoms with Crippen LogP contribution in [0.15, 0.2) is 18.2 Å². The number of fused-ring (bicyclic) bond motifs is 1. The van der Waals surface area contributed by atoms with Gasteiger partial charge in [0.2, 0.25) is 0 Å². The molecule has 116 valence electrons. The molecule has 2 aliphatic rings. The van der Waals surface area contributed by atoms with Crippen molar-refractivity contribution in [2.24, 2.45) is 5.73 Å². The number of unbranched alkanes of at least 4 members (excludes halogenated alkanes) is 1. The maximum atomic E-state index is 6.42. The molecule has 0 radical (unpaired) electrons. The molecule has 1 aliphatic heterocycles. The Labute approximate surface area is 127 Å². The first kappa shape index (κ1) is 14.7. The van der Waals surface area contributed by atoms with E-state index in [4.69, 9.17) is 15.2 Å². The molecule has 0 amide bonds. The van der Waals surface area contributed by atoms with Gasteiger partial charge in [-0.15, -0.1) is 0 Å². The third kappa shape index (κ3) is 3.18. The van der Waals surface area contributed by atoms with Gasteiger partial charge in [0.1, 0.15) is 17.1 Å². The molecule has 1 aromatic rings. The van der Waals surface area contributed by atoms with Gasteiger partial charge in [0, 0.05) is 24.1 Å². The molecule has 1 spiro atoms. The van der Waals surface area contributed by atoms with Crippen LogP contribution in [0.25, 0.3) is 0 Å². The van der Waals surface area contributed by atoms with Crippen molar-refractivity contribution in [2.75, 3.05) is 6.61 Å². The van der Waals surface area contributed by atoms with E-state index in [-0.39, 0.29) is 11.6 Å². The molecule has 3 heteroatoms. The summed E-state index contributed by atoms with van der Waals surface area (Å²) in [6.07, 6.45) is 9.31. The standard InChI is InChI=1S/C18H27NO2/c1-2-3-11-20-14-7-8-15-16(19)13-18(21-17(15)12-14)9-5-4-6-10-18/h7-8,12,16H,2-6,9-11,13,19H2,1H3. The number of ether oxygens (including phenoxy) is 2. The third-order valence-electron chi connectivity index (χ3n) is 4.83. The molecule has 0 saturated heterocycles. The Balaban J connectivity index is 1.78. The second kappa shape index (κ2) is 6.27. The lowest BCUT2D eigenvalue weighted by Crippen LogP contribution is -2.44. The maximum Gasteiger partial charge on any atom is 0.128 e. The molecule has 1 heterocycles. The summed E-state index contributed by atoms with van der Waals surface area (Å²) in [4.78, 5) is 0. The molecule has 1 unspecified atom stereocenters. The van der Waals surface area contributed by atoms with E-state index in [1.54, 1.807) is 0 Å². The summed E-state index contributed by atoms with van der Waals surface area (Å²) in [7, 11) is 0. The van der Waals surface area contributed by atoms with Crippen molar-refractivity contribution in [1.29, 1.82) is 0 Å². The fourth-order valence-electron chi connectivity index (χ4n) is 3.62. The van der Waals surface area contributed by atoms with Crippen LogP contribution in [0.2, 0.25) is 0 Å². The van der Waals surface area contributed by atoms with Gasteiger partial charge in [-0.05, 0) is 38.2 Å². The lowest BCUT2D eigenvalue weighted by atomic mass is 9.77. The lowest BCUT2D eigenvalue weighted by molar-refractivity contribution is 0.00172. The van der Waals surface area contributed by atoms with Crippen LogP contribution < -0.4 is 15.2 Å². The smallest absolute Gasteiger partial charge is 0.128 e. The highest BCUT2D eigenvalue weighted by Gasteiger charge is 2.40. The van der Waals surface area contributed by atoms with Gasteiger partial charge >= 0.3 is 0 Å². The first-order valence-electron chi connectivity index (χ1n) is 8.44. The number of nitrogens with two attached hydrogens (primary N) is 1. The Bertz CT molecular complexity index is 480. The summed E-state index contributed by atoms with van der Waals surface area (Å²) in [5.41, 5.74) is 7.52. The van der Waals surface area contributed by atoms with Gasteiger partial charge in [0.15, 0.2) is 0 Å². The average Bonchev–Trinajstić information content (AvgIpc) is 2.48. The molecule has 1 saturated carbocycles. The zero-order valence-corrected chi connectivity index (χ0v) is 13.1. The molecule has 0 aromatic heterocycles. The van der Waals surface area contributed by atoms with Crippen LogP contribution in [0.3, 0.4) is 0 Å². The van der Waals surface area contributed by atoms with Crippen molar-refractivity contribution in [3.63, 3.8) is 0 Å². The number of hydrogen-bond acceptors (Lipinski definition) is 3. The quantitative estimate of drug-likeness (QED) is 0.838. The predicted molar refractivity (Wildman–Crippen MR) is 84.8 cm³/mol. The van der Waals surface area contributed by atoms with Crippen LogP contribution in [0, 0.1) is 0 Å². The average molecular weight is 289 g/mol. The van der Waals surface area contributed by atoms with E-state index in [1.807, 2.05) is 12.1 Å². The van der Waals surface area contributed by atoms with Gasteiger partial charge in [0.05, 0.1) is 6.61 Å². The largest absolute Gasteiger partial charge is 0.493 e. The Morgan fingerprint density at radius 2 is 2.10 bits per heavy atom. The lowest BCUT2D eigenvalue weighted by Gasteiger charge is -2.43. The molecule has 1 fully saturated rings. The third-order valence-corrected chi connectivity index (χ3v) is 4.83. The Kier molecular flexibility index (Phi) is 4.39. The summed E-state index contributed by atoms with van der Waals surface area (Å²) in [6, 6.07) is 6.24. The minimum Gasteiger partial charge on any atom is -0.493 e. The number of rotatable bonds is 4. The molecule has 1 aromatic carbocycles. The van der Waals surface area contributed by atoms with Gasteiger partial charge in [0.25, 0.3) is 0 Å². The number of hydrogen-bond donors (Lipinski definition) is 1. The Morgan fingerprint density at radius 3 is 2.86 bits per heavy atom. The molecule has 1 aliphatic carbocycles. The summed E-state index contributed by atoms with van der Waals surface area (Å²) < 4.78 is 12.2. The van der Waals surface area contributed by atoms with Crippen molar-refractivity contribution >= 4 is 0 Å². The van der Waals surface area contributed by atoms with Crippen LogP contribution in [-0.2, 0) is 0 Å². The van der Waals surface area contributed by atoms with E-state index in [2.05, 4.69) is 13.0 Å². The topological polar surface area (TPSA) is 44.5 Å². The van der Waals surface area contributed by atoms with E-state index >= 15 is 0 Å². The maximum absolute atomic E-state index is 6.42. The van der Waals surface area contributed by atoms with Crippen LogP contribution in [0.1, 0.15) is 69.9 Å². The molecule has 0 bridgehead atoms. The van der Waals surface area contributed by atoms with Crippen molar-refractivity contribution in [2.45, 2.75) is 69.9 Å². The van der Waals surface area contributed by atoms with E-state index in [0.717, 1.165) is 55.8 Å². The van der Waals surface area contributed by atoms with Gasteiger partial charge < -0.3 is 15.2 Å². The van der Waals surface area contributed by atoms with Gasteiger partial charge in [-0.25, -0.2) is 0 Å². The zero-order valence-electron chi connectivity index (χ0n) is 13.1. The second-order valence-corrected chi connectivity index (χ2v) is 6.56. The zero-order chi connectivity index (χ0) is 14.7. The summed E-state index contributed by atoms with van der Waals surface area (Å²) >= 11 is 0. The number of benzene rings is 1. The van der Waals surface area contributed by atoms with Crippen LogP contribution in [-0.4, -0.2) is 12.2 Å².